The lowest BCUT2D eigenvalue weighted by Gasteiger charge is -2.15. The second kappa shape index (κ2) is 5.75. The highest BCUT2D eigenvalue weighted by Gasteiger charge is 2.10. The van der Waals surface area contributed by atoms with Crippen molar-refractivity contribution in [2.75, 3.05) is 37.7 Å². The van der Waals surface area contributed by atoms with Crippen molar-refractivity contribution in [2.24, 2.45) is 0 Å². The first-order chi connectivity index (χ1) is 7.60. The van der Waals surface area contributed by atoms with Crippen molar-refractivity contribution in [3.05, 3.63) is 5.69 Å². The molecule has 1 aromatic heterocycles. The third kappa shape index (κ3) is 2.88. The Bertz CT molecular complexity index is 331. The molecule has 0 aliphatic heterocycles. The molecule has 1 aromatic rings. The number of nitrogen functional groups attached to an aromatic ring is 1. The van der Waals surface area contributed by atoms with Gasteiger partial charge in [-0.15, -0.1) is 0 Å². The number of anilines is 2. The van der Waals surface area contributed by atoms with E-state index in [0.717, 1.165) is 43.4 Å². The van der Waals surface area contributed by atoms with E-state index >= 15 is 0 Å². The Kier molecular flexibility index (Phi) is 4.61. The molecule has 0 amide bonds. The molecule has 92 valence electrons. The van der Waals surface area contributed by atoms with Crippen LogP contribution in [0.4, 0.5) is 11.5 Å². The molecule has 1 heterocycles. The number of hydrogen-bond acceptors (Lipinski definition) is 4. The van der Waals surface area contributed by atoms with Crippen molar-refractivity contribution in [1.29, 1.82) is 0 Å². The van der Waals surface area contributed by atoms with E-state index in [1.165, 1.54) is 0 Å². The van der Waals surface area contributed by atoms with Crippen molar-refractivity contribution in [2.45, 2.75) is 27.3 Å². The van der Waals surface area contributed by atoms with Crippen molar-refractivity contribution in [3.8, 4) is 0 Å². The third-order valence-corrected chi connectivity index (χ3v) is 2.80. The summed E-state index contributed by atoms with van der Waals surface area (Å²) in [5, 5.41) is 7.71. The monoisotopic (exact) mass is 225 g/mol. The van der Waals surface area contributed by atoms with Gasteiger partial charge < -0.3 is 16.0 Å². The molecule has 3 N–H and O–H groups in total. The maximum absolute atomic E-state index is 5.97. The van der Waals surface area contributed by atoms with E-state index in [-0.39, 0.29) is 0 Å². The minimum Gasteiger partial charge on any atom is -0.394 e. The zero-order valence-electron chi connectivity index (χ0n) is 10.7. The SMILES string of the molecule is CCN(C)CCNc1c(N)c(C)nn1CC. The van der Waals surface area contributed by atoms with E-state index < -0.39 is 0 Å². The van der Waals surface area contributed by atoms with Crippen LogP contribution >= 0.6 is 0 Å². The summed E-state index contributed by atoms with van der Waals surface area (Å²) in [6.07, 6.45) is 0. The van der Waals surface area contributed by atoms with Gasteiger partial charge in [0.25, 0.3) is 0 Å². The van der Waals surface area contributed by atoms with E-state index in [2.05, 4.69) is 36.2 Å². The summed E-state index contributed by atoms with van der Waals surface area (Å²) in [7, 11) is 2.10. The van der Waals surface area contributed by atoms with E-state index in [9.17, 15) is 0 Å². The number of aryl methyl sites for hydroxylation is 2. The summed E-state index contributed by atoms with van der Waals surface area (Å²) in [6.45, 7) is 9.94. The first-order valence-corrected chi connectivity index (χ1v) is 5.85. The number of rotatable bonds is 6. The number of likely N-dealkylation sites (N-methyl/N-ethyl adjacent to an activating group) is 1. The molecule has 5 heteroatoms. The quantitative estimate of drug-likeness (QED) is 0.762. The van der Waals surface area contributed by atoms with Crippen LogP contribution in [0.3, 0.4) is 0 Å². The molecule has 5 nitrogen and oxygen atoms in total. The highest BCUT2D eigenvalue weighted by Crippen LogP contribution is 2.21. The summed E-state index contributed by atoms with van der Waals surface area (Å²) in [6, 6.07) is 0. The van der Waals surface area contributed by atoms with Crippen LogP contribution in [0.2, 0.25) is 0 Å². The Morgan fingerprint density at radius 3 is 2.69 bits per heavy atom. The van der Waals surface area contributed by atoms with Crippen molar-refractivity contribution < 1.29 is 0 Å². The van der Waals surface area contributed by atoms with Gasteiger partial charge in [0.15, 0.2) is 0 Å². The van der Waals surface area contributed by atoms with Gasteiger partial charge in [-0.05, 0) is 27.4 Å². The molecule has 16 heavy (non-hydrogen) atoms. The summed E-state index contributed by atoms with van der Waals surface area (Å²) in [4.78, 5) is 2.25. The molecule has 0 saturated heterocycles. The molecule has 0 spiro atoms. The maximum Gasteiger partial charge on any atom is 0.148 e. The van der Waals surface area contributed by atoms with Gasteiger partial charge in [0.2, 0.25) is 0 Å². The second-order valence-corrected chi connectivity index (χ2v) is 3.99. The summed E-state index contributed by atoms with van der Waals surface area (Å²) in [5.41, 5.74) is 7.63. The van der Waals surface area contributed by atoms with E-state index in [0.29, 0.717) is 0 Å². The summed E-state index contributed by atoms with van der Waals surface area (Å²) < 4.78 is 1.91. The van der Waals surface area contributed by atoms with Crippen LogP contribution in [0.5, 0.6) is 0 Å². The van der Waals surface area contributed by atoms with Gasteiger partial charge >= 0.3 is 0 Å². The summed E-state index contributed by atoms with van der Waals surface area (Å²) >= 11 is 0. The van der Waals surface area contributed by atoms with Gasteiger partial charge in [-0.3, -0.25) is 0 Å². The van der Waals surface area contributed by atoms with Crippen molar-refractivity contribution in [3.63, 3.8) is 0 Å². The van der Waals surface area contributed by atoms with Crippen molar-refractivity contribution >= 4 is 11.5 Å². The largest absolute Gasteiger partial charge is 0.394 e. The molecule has 0 bridgehead atoms. The zero-order valence-corrected chi connectivity index (χ0v) is 10.7. The minimum atomic E-state index is 0.765. The molecule has 0 fully saturated rings. The lowest BCUT2D eigenvalue weighted by Crippen LogP contribution is -2.25. The second-order valence-electron chi connectivity index (χ2n) is 3.99. The predicted octanol–water partition coefficient (Wildman–Crippen LogP) is 1.16. The molecule has 0 aromatic carbocycles. The van der Waals surface area contributed by atoms with Crippen LogP contribution < -0.4 is 11.1 Å². The topological polar surface area (TPSA) is 59.1 Å². The fraction of sp³-hybridized carbons (Fsp3) is 0.727. The fourth-order valence-corrected chi connectivity index (χ4v) is 1.53. The van der Waals surface area contributed by atoms with Crippen LogP contribution in [0.1, 0.15) is 19.5 Å². The molecule has 0 aliphatic rings. The van der Waals surface area contributed by atoms with Crippen LogP contribution in [-0.4, -0.2) is 41.4 Å². The number of aromatic nitrogens is 2. The van der Waals surface area contributed by atoms with Gasteiger partial charge in [-0.25, -0.2) is 4.68 Å². The van der Waals surface area contributed by atoms with Gasteiger partial charge in [-0.1, -0.05) is 6.92 Å². The summed E-state index contributed by atoms with van der Waals surface area (Å²) in [5.74, 6) is 0.949. The van der Waals surface area contributed by atoms with Crippen LogP contribution in [0.25, 0.3) is 0 Å². The Balaban J connectivity index is 2.59. The minimum absolute atomic E-state index is 0.765. The molecule has 0 aliphatic carbocycles. The third-order valence-electron chi connectivity index (χ3n) is 2.80. The number of nitrogens with one attached hydrogen (secondary N) is 1. The molecule has 0 saturated carbocycles. The first kappa shape index (κ1) is 12.8. The number of nitrogens with zero attached hydrogens (tertiary/aromatic N) is 3. The Morgan fingerprint density at radius 2 is 2.12 bits per heavy atom. The van der Waals surface area contributed by atoms with Crippen LogP contribution in [-0.2, 0) is 6.54 Å². The zero-order chi connectivity index (χ0) is 12.1. The average molecular weight is 225 g/mol. The highest BCUT2D eigenvalue weighted by atomic mass is 15.3. The van der Waals surface area contributed by atoms with E-state index in [1.54, 1.807) is 0 Å². The molecule has 0 radical (unpaired) electrons. The van der Waals surface area contributed by atoms with Gasteiger partial charge in [-0.2, -0.15) is 5.10 Å². The van der Waals surface area contributed by atoms with Crippen LogP contribution in [0.15, 0.2) is 0 Å². The standard InChI is InChI=1S/C11H23N5/c1-5-15(4)8-7-13-11-10(12)9(3)14-16(11)6-2/h13H,5-8,12H2,1-4H3. The van der Waals surface area contributed by atoms with Gasteiger partial charge in [0.05, 0.1) is 11.4 Å². The number of hydrogen-bond donors (Lipinski definition) is 2. The maximum atomic E-state index is 5.97. The Morgan fingerprint density at radius 1 is 1.44 bits per heavy atom. The number of nitrogens with two attached hydrogens (primary N) is 1. The Labute approximate surface area is 97.6 Å². The average Bonchev–Trinajstić information content (AvgIpc) is 2.56. The molecular weight excluding hydrogens is 202 g/mol. The van der Waals surface area contributed by atoms with Crippen LogP contribution in [0, 0.1) is 6.92 Å². The lowest BCUT2D eigenvalue weighted by atomic mass is 10.4. The van der Waals surface area contributed by atoms with E-state index in [4.69, 9.17) is 5.73 Å². The smallest absolute Gasteiger partial charge is 0.148 e. The normalized spacial score (nSPS) is 11.1. The molecule has 1 rings (SSSR count). The fourth-order valence-electron chi connectivity index (χ4n) is 1.53. The first-order valence-electron chi connectivity index (χ1n) is 5.85. The molecule has 0 atom stereocenters. The molecular formula is C11H23N5. The van der Waals surface area contributed by atoms with Gasteiger partial charge in [0, 0.05) is 19.6 Å². The van der Waals surface area contributed by atoms with Gasteiger partial charge in [0.1, 0.15) is 5.82 Å². The highest BCUT2D eigenvalue weighted by molar-refractivity contribution is 5.64. The predicted molar refractivity (Wildman–Crippen MR) is 68.7 cm³/mol. The Hall–Kier alpha value is -1.23. The lowest BCUT2D eigenvalue weighted by molar-refractivity contribution is 0.366. The van der Waals surface area contributed by atoms with E-state index in [1.807, 2.05) is 11.6 Å². The van der Waals surface area contributed by atoms with Crippen molar-refractivity contribution in [1.82, 2.24) is 14.7 Å². The molecule has 0 unspecified atom stereocenters.